The summed E-state index contributed by atoms with van der Waals surface area (Å²) in [6.45, 7) is 6.94. The number of ether oxygens (including phenoxy) is 1. The fourth-order valence-corrected chi connectivity index (χ4v) is 2.52. The highest BCUT2D eigenvalue weighted by Crippen LogP contribution is 2.10. The summed E-state index contributed by atoms with van der Waals surface area (Å²) < 4.78 is 5.47. The maximum Gasteiger partial charge on any atom is 0.220 e. The molecule has 2 saturated heterocycles. The molecule has 2 fully saturated rings. The maximum atomic E-state index is 11.6. The Kier molecular flexibility index (Phi) is 5.90. The van der Waals surface area contributed by atoms with Crippen molar-refractivity contribution in [1.82, 2.24) is 15.5 Å². The van der Waals surface area contributed by atoms with Crippen molar-refractivity contribution >= 4 is 5.91 Å². The molecule has 2 rings (SSSR count). The monoisotopic (exact) mass is 255 g/mol. The number of hydrogen-bond donors (Lipinski definition) is 2. The fourth-order valence-electron chi connectivity index (χ4n) is 2.52. The fraction of sp³-hybridized carbons (Fsp3) is 0.923. The Balaban J connectivity index is 1.48. The smallest absolute Gasteiger partial charge is 0.220 e. The van der Waals surface area contributed by atoms with E-state index in [1.807, 2.05) is 0 Å². The Morgan fingerprint density at radius 2 is 2.22 bits per heavy atom. The molecule has 2 aliphatic heterocycles. The number of nitrogens with one attached hydrogen (secondary N) is 2. The molecule has 2 N–H and O–H groups in total. The molecule has 0 aliphatic carbocycles. The summed E-state index contributed by atoms with van der Waals surface area (Å²) in [6, 6.07) is 0. The Morgan fingerprint density at radius 3 is 2.94 bits per heavy atom. The van der Waals surface area contributed by atoms with E-state index in [4.69, 9.17) is 4.74 Å². The lowest BCUT2D eigenvalue weighted by atomic mass is 10.2. The first-order valence-electron chi connectivity index (χ1n) is 7.16. The van der Waals surface area contributed by atoms with Crippen molar-refractivity contribution in [3.05, 3.63) is 0 Å². The van der Waals surface area contributed by atoms with Crippen LogP contribution in [0.25, 0.3) is 0 Å². The van der Waals surface area contributed by atoms with E-state index < -0.39 is 0 Å². The first-order valence-corrected chi connectivity index (χ1v) is 7.16. The van der Waals surface area contributed by atoms with Crippen molar-refractivity contribution in [2.75, 3.05) is 45.9 Å². The molecule has 2 aliphatic rings. The van der Waals surface area contributed by atoms with E-state index in [1.165, 1.54) is 0 Å². The molecule has 1 amide bonds. The number of carbonyl (C=O) groups is 1. The number of hydrogen-bond acceptors (Lipinski definition) is 4. The van der Waals surface area contributed by atoms with Crippen molar-refractivity contribution in [2.24, 2.45) is 0 Å². The van der Waals surface area contributed by atoms with E-state index in [9.17, 15) is 4.79 Å². The number of amides is 1. The second-order valence-corrected chi connectivity index (χ2v) is 5.13. The van der Waals surface area contributed by atoms with Crippen molar-refractivity contribution in [3.8, 4) is 0 Å². The molecule has 0 aromatic rings. The van der Waals surface area contributed by atoms with E-state index in [2.05, 4.69) is 15.5 Å². The van der Waals surface area contributed by atoms with E-state index in [-0.39, 0.29) is 12.0 Å². The molecular formula is C13H25N3O2. The van der Waals surface area contributed by atoms with Crippen molar-refractivity contribution in [1.29, 1.82) is 0 Å². The molecular weight excluding hydrogens is 230 g/mol. The molecule has 5 nitrogen and oxygen atoms in total. The van der Waals surface area contributed by atoms with Crippen LogP contribution in [0.1, 0.15) is 25.7 Å². The predicted molar refractivity (Wildman–Crippen MR) is 70.5 cm³/mol. The quantitative estimate of drug-likeness (QED) is 0.700. The lowest BCUT2D eigenvalue weighted by molar-refractivity contribution is -0.121. The van der Waals surface area contributed by atoms with Gasteiger partial charge in [0.1, 0.15) is 0 Å². The number of nitrogens with zero attached hydrogens (tertiary/aromatic N) is 1. The minimum Gasteiger partial charge on any atom is -0.376 e. The summed E-state index contributed by atoms with van der Waals surface area (Å²) in [5.41, 5.74) is 0. The van der Waals surface area contributed by atoms with E-state index in [0.717, 1.165) is 58.6 Å². The molecule has 0 aromatic carbocycles. The first-order chi connectivity index (χ1) is 8.84. The Labute approximate surface area is 109 Å². The minimum absolute atomic E-state index is 0.167. The van der Waals surface area contributed by atoms with Gasteiger partial charge in [-0.3, -0.25) is 4.79 Å². The lowest BCUT2D eigenvalue weighted by Crippen LogP contribution is -2.44. The van der Waals surface area contributed by atoms with Gasteiger partial charge in [-0.1, -0.05) is 0 Å². The molecule has 2 heterocycles. The van der Waals surface area contributed by atoms with Gasteiger partial charge in [-0.05, 0) is 25.8 Å². The second-order valence-electron chi connectivity index (χ2n) is 5.13. The van der Waals surface area contributed by atoms with Crippen LogP contribution >= 0.6 is 0 Å². The lowest BCUT2D eigenvalue weighted by Gasteiger charge is -2.26. The van der Waals surface area contributed by atoms with Gasteiger partial charge in [-0.15, -0.1) is 0 Å². The first kappa shape index (κ1) is 13.8. The summed E-state index contributed by atoms with van der Waals surface area (Å²) in [5, 5.41) is 6.30. The summed E-state index contributed by atoms with van der Waals surface area (Å²) in [4.78, 5) is 14.1. The zero-order chi connectivity index (χ0) is 12.6. The van der Waals surface area contributed by atoms with Crippen LogP contribution in [0.5, 0.6) is 0 Å². The van der Waals surface area contributed by atoms with Crippen LogP contribution in [0.4, 0.5) is 0 Å². The van der Waals surface area contributed by atoms with E-state index in [0.29, 0.717) is 13.0 Å². The van der Waals surface area contributed by atoms with Gasteiger partial charge in [0.15, 0.2) is 0 Å². The van der Waals surface area contributed by atoms with Crippen LogP contribution in [0.15, 0.2) is 0 Å². The molecule has 0 bridgehead atoms. The summed E-state index contributed by atoms with van der Waals surface area (Å²) in [5.74, 6) is 0.167. The maximum absolute atomic E-state index is 11.6. The Morgan fingerprint density at radius 1 is 1.39 bits per heavy atom. The van der Waals surface area contributed by atoms with Crippen LogP contribution in [0.3, 0.4) is 0 Å². The van der Waals surface area contributed by atoms with E-state index >= 15 is 0 Å². The molecule has 0 radical (unpaired) electrons. The van der Waals surface area contributed by atoms with Gasteiger partial charge in [0.25, 0.3) is 0 Å². The third-order valence-electron chi connectivity index (χ3n) is 3.64. The zero-order valence-electron chi connectivity index (χ0n) is 11.1. The average Bonchev–Trinajstić information content (AvgIpc) is 2.91. The normalized spacial score (nSPS) is 25.2. The summed E-state index contributed by atoms with van der Waals surface area (Å²) >= 11 is 0. The largest absolute Gasteiger partial charge is 0.376 e. The molecule has 5 heteroatoms. The molecule has 0 saturated carbocycles. The highest BCUT2D eigenvalue weighted by molar-refractivity contribution is 5.75. The van der Waals surface area contributed by atoms with Crippen LogP contribution in [-0.4, -0.2) is 62.8 Å². The van der Waals surface area contributed by atoms with Gasteiger partial charge < -0.3 is 20.3 Å². The molecule has 1 unspecified atom stereocenters. The second kappa shape index (κ2) is 7.71. The number of carbonyl (C=O) groups excluding carboxylic acids is 1. The standard InChI is InChI=1S/C13H25N3O2/c17-13(15-11-12-3-2-10-18-12)4-1-7-16-8-5-14-6-9-16/h12,14H,1-11H2,(H,15,17). The predicted octanol–water partition coefficient (Wildman–Crippen LogP) is -0.0330. The number of piperazine rings is 1. The average molecular weight is 255 g/mol. The molecule has 104 valence electrons. The van der Waals surface area contributed by atoms with Gasteiger partial charge in [-0.2, -0.15) is 0 Å². The summed E-state index contributed by atoms with van der Waals surface area (Å²) in [6.07, 6.45) is 4.06. The Bertz CT molecular complexity index is 249. The molecule has 1 atom stereocenters. The van der Waals surface area contributed by atoms with Crippen LogP contribution in [0.2, 0.25) is 0 Å². The third-order valence-corrected chi connectivity index (χ3v) is 3.64. The SMILES string of the molecule is O=C(CCCN1CCNCC1)NCC1CCCO1. The number of rotatable bonds is 6. The highest BCUT2D eigenvalue weighted by atomic mass is 16.5. The van der Waals surface area contributed by atoms with Gasteiger partial charge in [0.2, 0.25) is 5.91 Å². The topological polar surface area (TPSA) is 53.6 Å². The molecule has 0 spiro atoms. The van der Waals surface area contributed by atoms with Crippen molar-refractivity contribution < 1.29 is 9.53 Å². The third kappa shape index (κ3) is 4.92. The van der Waals surface area contributed by atoms with Gasteiger partial charge in [0.05, 0.1) is 6.10 Å². The van der Waals surface area contributed by atoms with Gasteiger partial charge in [-0.25, -0.2) is 0 Å². The van der Waals surface area contributed by atoms with Crippen molar-refractivity contribution in [2.45, 2.75) is 31.8 Å². The van der Waals surface area contributed by atoms with E-state index in [1.54, 1.807) is 0 Å². The highest BCUT2D eigenvalue weighted by Gasteiger charge is 2.16. The van der Waals surface area contributed by atoms with Crippen molar-refractivity contribution in [3.63, 3.8) is 0 Å². The molecule has 18 heavy (non-hydrogen) atoms. The summed E-state index contributed by atoms with van der Waals surface area (Å²) in [7, 11) is 0. The van der Waals surface area contributed by atoms with Crippen LogP contribution in [0, 0.1) is 0 Å². The van der Waals surface area contributed by atoms with Crippen LogP contribution in [-0.2, 0) is 9.53 Å². The molecule has 0 aromatic heterocycles. The zero-order valence-corrected chi connectivity index (χ0v) is 11.1. The van der Waals surface area contributed by atoms with Crippen LogP contribution < -0.4 is 10.6 Å². The minimum atomic E-state index is 0.167. The van der Waals surface area contributed by atoms with Gasteiger partial charge in [0, 0.05) is 45.8 Å². The Hall–Kier alpha value is -0.650. The van der Waals surface area contributed by atoms with Gasteiger partial charge >= 0.3 is 0 Å².